The molecule has 2 aromatic rings. The van der Waals surface area contributed by atoms with E-state index in [9.17, 15) is 24.0 Å². The predicted molar refractivity (Wildman–Crippen MR) is 226 cm³/mol. The van der Waals surface area contributed by atoms with Crippen LogP contribution in [0.1, 0.15) is 107 Å². The highest BCUT2D eigenvalue weighted by Crippen LogP contribution is 2.42. The minimum atomic E-state index is -0.714. The number of nitrogens with one attached hydrogen (secondary N) is 3. The van der Waals surface area contributed by atoms with Crippen molar-refractivity contribution in [1.29, 1.82) is 0 Å². The Bertz CT molecular complexity index is 1910. The Hall–Kier alpha value is -4.86. The number of benzene rings is 1. The quantitative estimate of drug-likeness (QED) is 0.254. The number of imide groups is 1. The Morgan fingerprint density at radius 2 is 1.62 bits per heavy atom. The number of fused-ring (bicyclic) bond motifs is 7. The molecule has 16 nitrogen and oxygen atoms in total. The van der Waals surface area contributed by atoms with Gasteiger partial charge in [0.2, 0.25) is 23.7 Å². The molecule has 1 aromatic carbocycles. The van der Waals surface area contributed by atoms with Crippen molar-refractivity contribution in [1.82, 2.24) is 40.5 Å². The van der Waals surface area contributed by atoms with Crippen molar-refractivity contribution in [3.8, 4) is 0 Å². The van der Waals surface area contributed by atoms with Crippen LogP contribution in [-0.4, -0.2) is 124 Å². The van der Waals surface area contributed by atoms with Crippen LogP contribution >= 0.6 is 0 Å². The predicted octanol–water partition coefficient (Wildman–Crippen LogP) is 3.87. The summed E-state index contributed by atoms with van der Waals surface area (Å²) in [5.41, 5.74) is 7.74. The van der Waals surface area contributed by atoms with Crippen molar-refractivity contribution in [3.63, 3.8) is 0 Å². The summed E-state index contributed by atoms with van der Waals surface area (Å²) in [5.74, 6) is 1.19. The molecular weight excluding hydrogens is 763 g/mol. The first kappa shape index (κ1) is 41.9. The van der Waals surface area contributed by atoms with Gasteiger partial charge in [-0.2, -0.15) is 4.98 Å². The third-order valence-electron chi connectivity index (χ3n) is 14.6. The highest BCUT2D eigenvalue weighted by atomic mass is 16.2. The maximum Gasteiger partial charge on any atom is 0.318 e. The average Bonchev–Trinajstić information content (AvgIpc) is 3.59. The lowest BCUT2D eigenvalue weighted by Crippen LogP contribution is -2.52. The van der Waals surface area contributed by atoms with Gasteiger partial charge in [0, 0.05) is 63.3 Å². The SMILES string of the molecule is CC1CN(C2CCCN(c3nnc(C(N)=O)c(Nc4ccc(C5CCN(CC6C7CCN(CC7)C(=O)C(C7CCC(=O)NC7=O)CCC6C(C)C)CC5)cc4)n3)C2)C(=O)N1. The summed E-state index contributed by atoms with van der Waals surface area (Å²) in [5, 5.41) is 17.2. The van der Waals surface area contributed by atoms with Gasteiger partial charge in [0.15, 0.2) is 11.5 Å². The Labute approximate surface area is 353 Å². The van der Waals surface area contributed by atoms with Gasteiger partial charge >= 0.3 is 6.03 Å². The highest BCUT2D eigenvalue weighted by Gasteiger charge is 2.44. The third-order valence-corrected chi connectivity index (χ3v) is 14.6. The minimum Gasteiger partial charge on any atom is -0.364 e. The molecule has 7 aliphatic rings. The number of nitrogens with zero attached hydrogens (tertiary/aromatic N) is 7. The van der Waals surface area contributed by atoms with Gasteiger partial charge < -0.3 is 36.0 Å². The number of amides is 6. The van der Waals surface area contributed by atoms with E-state index >= 15 is 0 Å². The lowest BCUT2D eigenvalue weighted by Gasteiger charge is -2.46. The number of hydrogen-bond acceptors (Lipinski definition) is 11. The fraction of sp³-hybridized carbons (Fsp3) is 0.682. The van der Waals surface area contributed by atoms with Gasteiger partial charge in [0.1, 0.15) is 0 Å². The standard InChI is InChI=1S/C44H63N11O5/c1-26(2)33-10-11-35(34-12-13-37(56)48-41(34)58)42(59)53-21-16-30(17-22-53)36(33)25-52-19-14-29(15-20-52)28-6-8-31(9-7-28)47-40-38(39(45)57)50-51-43(49-40)54-18-4-5-32(24-54)55-23-27(3)46-44(55)60/h6-9,26-27,29-30,32-36H,4-5,10-25H2,1-3H3,(H2,45,57)(H,46,60)(H,47,49,51)(H,48,56,58). The van der Waals surface area contributed by atoms with Crippen molar-refractivity contribution in [2.75, 3.05) is 62.6 Å². The van der Waals surface area contributed by atoms with Crippen LogP contribution in [0.3, 0.4) is 0 Å². The van der Waals surface area contributed by atoms with Crippen molar-refractivity contribution in [2.24, 2.45) is 41.2 Å². The molecule has 5 N–H and O–H groups in total. The number of urea groups is 1. The van der Waals surface area contributed by atoms with Crippen LogP contribution in [0.5, 0.6) is 0 Å². The van der Waals surface area contributed by atoms with Crippen LogP contribution in [0.2, 0.25) is 0 Å². The number of likely N-dealkylation sites (tertiary alicyclic amines) is 1. The molecule has 9 rings (SSSR count). The van der Waals surface area contributed by atoms with E-state index in [1.807, 2.05) is 33.8 Å². The van der Waals surface area contributed by atoms with Crippen LogP contribution in [-0.2, 0) is 14.4 Å². The highest BCUT2D eigenvalue weighted by molar-refractivity contribution is 6.00. The lowest BCUT2D eigenvalue weighted by molar-refractivity contribution is -0.148. The maximum absolute atomic E-state index is 13.8. The Balaban J connectivity index is 0.891. The number of nitrogens with two attached hydrogens (primary N) is 1. The molecule has 6 unspecified atom stereocenters. The van der Waals surface area contributed by atoms with E-state index in [-0.39, 0.29) is 53.3 Å². The molecule has 2 bridgehead atoms. The number of anilines is 3. The van der Waals surface area contributed by atoms with Gasteiger partial charge in [-0.3, -0.25) is 24.5 Å². The molecule has 0 radical (unpaired) electrons. The molecular formula is C44H63N11O5. The second kappa shape index (κ2) is 18.0. The van der Waals surface area contributed by atoms with Crippen molar-refractivity contribution < 1.29 is 24.0 Å². The zero-order valence-electron chi connectivity index (χ0n) is 35.5. The zero-order chi connectivity index (χ0) is 42.1. The number of primary amides is 1. The van der Waals surface area contributed by atoms with E-state index in [1.54, 1.807) is 0 Å². The summed E-state index contributed by atoms with van der Waals surface area (Å²) in [6.07, 6.45) is 8.29. The van der Waals surface area contributed by atoms with Gasteiger partial charge in [-0.25, -0.2) is 4.79 Å². The fourth-order valence-electron chi connectivity index (χ4n) is 11.3. The summed E-state index contributed by atoms with van der Waals surface area (Å²) < 4.78 is 0. The number of carbonyl (C=O) groups is 5. The number of aromatic nitrogens is 3. The third kappa shape index (κ3) is 9.08. The Kier molecular flexibility index (Phi) is 12.6. The van der Waals surface area contributed by atoms with E-state index in [0.29, 0.717) is 67.9 Å². The second-order valence-corrected chi connectivity index (χ2v) is 18.7. The molecule has 324 valence electrons. The first-order valence-electron chi connectivity index (χ1n) is 22.5. The summed E-state index contributed by atoms with van der Waals surface area (Å²) >= 11 is 0. The lowest BCUT2D eigenvalue weighted by atomic mass is 9.67. The topological polar surface area (TPSA) is 199 Å². The van der Waals surface area contributed by atoms with Crippen LogP contribution in [0.4, 0.5) is 22.2 Å². The van der Waals surface area contributed by atoms with Gasteiger partial charge in [-0.05, 0) is 125 Å². The van der Waals surface area contributed by atoms with E-state index in [1.165, 1.54) is 5.56 Å². The Morgan fingerprint density at radius 1 is 0.867 bits per heavy atom. The van der Waals surface area contributed by atoms with E-state index in [2.05, 4.69) is 57.0 Å². The number of carbonyl (C=O) groups excluding carboxylic acids is 5. The zero-order valence-corrected chi connectivity index (χ0v) is 35.5. The number of piperidine rings is 4. The van der Waals surface area contributed by atoms with Crippen molar-refractivity contribution in [3.05, 3.63) is 35.5 Å². The molecule has 8 heterocycles. The first-order chi connectivity index (χ1) is 28.9. The summed E-state index contributed by atoms with van der Waals surface area (Å²) in [6, 6.07) is 8.45. The molecule has 6 amide bonds. The molecule has 7 fully saturated rings. The smallest absolute Gasteiger partial charge is 0.318 e. The molecule has 0 aliphatic carbocycles. The summed E-state index contributed by atoms with van der Waals surface area (Å²) in [4.78, 5) is 77.0. The van der Waals surface area contributed by atoms with Crippen LogP contribution in [0.15, 0.2) is 24.3 Å². The van der Waals surface area contributed by atoms with Crippen molar-refractivity contribution >= 4 is 47.1 Å². The van der Waals surface area contributed by atoms with Crippen LogP contribution in [0, 0.1) is 35.5 Å². The van der Waals surface area contributed by atoms with Crippen LogP contribution in [0.25, 0.3) is 0 Å². The molecule has 0 saturated carbocycles. The van der Waals surface area contributed by atoms with E-state index < -0.39 is 11.8 Å². The number of hydrogen-bond donors (Lipinski definition) is 4. The first-order valence-corrected chi connectivity index (χ1v) is 22.5. The largest absolute Gasteiger partial charge is 0.364 e. The van der Waals surface area contributed by atoms with Gasteiger partial charge in [0.25, 0.3) is 5.91 Å². The van der Waals surface area contributed by atoms with E-state index in [0.717, 1.165) is 89.9 Å². The average molecular weight is 826 g/mol. The van der Waals surface area contributed by atoms with E-state index in [4.69, 9.17) is 10.7 Å². The molecule has 0 spiro atoms. The second-order valence-electron chi connectivity index (χ2n) is 18.7. The van der Waals surface area contributed by atoms with Gasteiger partial charge in [-0.1, -0.05) is 26.0 Å². The molecule has 1 aromatic heterocycles. The molecule has 16 heteroatoms. The fourth-order valence-corrected chi connectivity index (χ4v) is 11.3. The maximum atomic E-state index is 13.8. The monoisotopic (exact) mass is 826 g/mol. The van der Waals surface area contributed by atoms with Crippen molar-refractivity contribution in [2.45, 2.75) is 103 Å². The Morgan fingerprint density at radius 3 is 2.28 bits per heavy atom. The van der Waals surface area contributed by atoms with Gasteiger partial charge in [-0.15, -0.1) is 10.2 Å². The summed E-state index contributed by atoms with van der Waals surface area (Å²) in [6.45, 7) is 13.2. The van der Waals surface area contributed by atoms with Crippen LogP contribution < -0.4 is 26.6 Å². The molecule has 7 aliphatic heterocycles. The molecule has 60 heavy (non-hydrogen) atoms. The number of rotatable bonds is 10. The summed E-state index contributed by atoms with van der Waals surface area (Å²) in [7, 11) is 0. The normalized spacial score (nSPS) is 29.8. The minimum absolute atomic E-state index is 0.0279. The molecule has 6 atom stereocenters. The molecule has 7 saturated heterocycles. The van der Waals surface area contributed by atoms with Gasteiger partial charge in [0.05, 0.1) is 12.0 Å².